The second-order valence-electron chi connectivity index (χ2n) is 4.26. The number of hydrogen-bond donors (Lipinski definition) is 0. The minimum Gasteiger partial charge on any atom is -0.336 e. The standard InChI is InChI=1S/C13H15N3O/c1-14-12-5-3-4-11(10-12)13(17)16-8-6-15(2)7-9-16/h3-5,10H,6-9H2,2H3. The van der Waals surface area contributed by atoms with Crippen LogP contribution >= 0.6 is 0 Å². The smallest absolute Gasteiger partial charge is 0.252 e. The number of rotatable bonds is 1. The van der Waals surface area contributed by atoms with E-state index in [1.165, 1.54) is 0 Å². The third-order valence-electron chi connectivity index (χ3n) is 3.01. The van der Waals surface area contributed by atoms with Crippen molar-refractivity contribution in [2.75, 3.05) is 33.2 Å². The fourth-order valence-electron chi connectivity index (χ4n) is 1.90. The number of nitrogens with zero attached hydrogens (tertiary/aromatic N) is 3. The summed E-state index contributed by atoms with van der Waals surface area (Å²) in [6, 6.07) is 6.91. The van der Waals surface area contributed by atoms with Crippen molar-refractivity contribution in [3.8, 4) is 0 Å². The van der Waals surface area contributed by atoms with E-state index < -0.39 is 0 Å². The van der Waals surface area contributed by atoms with Gasteiger partial charge in [-0.15, -0.1) is 0 Å². The third-order valence-corrected chi connectivity index (χ3v) is 3.01. The molecular weight excluding hydrogens is 214 g/mol. The van der Waals surface area contributed by atoms with Gasteiger partial charge in [0.05, 0.1) is 6.57 Å². The van der Waals surface area contributed by atoms with Gasteiger partial charge in [0.25, 0.3) is 5.91 Å². The molecule has 1 heterocycles. The summed E-state index contributed by atoms with van der Waals surface area (Å²) >= 11 is 0. The van der Waals surface area contributed by atoms with Crippen LogP contribution in [0.25, 0.3) is 4.85 Å². The lowest BCUT2D eigenvalue weighted by molar-refractivity contribution is 0.0664. The third kappa shape index (κ3) is 2.63. The molecule has 17 heavy (non-hydrogen) atoms. The molecule has 88 valence electrons. The van der Waals surface area contributed by atoms with Crippen LogP contribution in [0.4, 0.5) is 5.69 Å². The highest BCUT2D eigenvalue weighted by Crippen LogP contribution is 2.16. The topological polar surface area (TPSA) is 27.9 Å². The molecule has 1 aliphatic rings. The van der Waals surface area contributed by atoms with Crippen molar-refractivity contribution in [3.05, 3.63) is 41.2 Å². The molecule has 4 heteroatoms. The van der Waals surface area contributed by atoms with Gasteiger partial charge in [-0.05, 0) is 13.1 Å². The SMILES string of the molecule is [C-]#[N+]c1cccc(C(=O)N2CCN(C)CC2)c1. The van der Waals surface area contributed by atoms with Crippen LogP contribution in [-0.2, 0) is 0 Å². The molecule has 0 aromatic heterocycles. The lowest BCUT2D eigenvalue weighted by Gasteiger charge is -2.32. The lowest BCUT2D eigenvalue weighted by atomic mass is 10.1. The molecular formula is C13H15N3O. The van der Waals surface area contributed by atoms with Gasteiger partial charge in [0, 0.05) is 31.7 Å². The highest BCUT2D eigenvalue weighted by molar-refractivity contribution is 5.95. The minimum absolute atomic E-state index is 0.0311. The van der Waals surface area contributed by atoms with Gasteiger partial charge < -0.3 is 9.80 Å². The monoisotopic (exact) mass is 229 g/mol. The summed E-state index contributed by atoms with van der Waals surface area (Å²) in [6.45, 7) is 10.3. The molecule has 1 fully saturated rings. The Kier molecular flexibility index (Phi) is 3.40. The van der Waals surface area contributed by atoms with Crippen LogP contribution in [0.3, 0.4) is 0 Å². The Morgan fingerprint density at radius 2 is 2.00 bits per heavy atom. The Bertz CT molecular complexity index is 456. The number of benzene rings is 1. The number of hydrogen-bond acceptors (Lipinski definition) is 2. The van der Waals surface area contributed by atoms with Crippen LogP contribution in [0.2, 0.25) is 0 Å². The quantitative estimate of drug-likeness (QED) is 0.684. The Morgan fingerprint density at radius 1 is 1.29 bits per heavy atom. The molecule has 1 aliphatic heterocycles. The molecule has 1 aromatic rings. The molecule has 1 aromatic carbocycles. The predicted molar refractivity (Wildman–Crippen MR) is 66.1 cm³/mol. The van der Waals surface area contributed by atoms with Crippen molar-refractivity contribution in [1.82, 2.24) is 9.80 Å². The Hall–Kier alpha value is -1.86. The van der Waals surface area contributed by atoms with E-state index in [1.54, 1.807) is 24.3 Å². The van der Waals surface area contributed by atoms with Gasteiger partial charge >= 0.3 is 0 Å². The van der Waals surface area contributed by atoms with Crippen molar-refractivity contribution in [1.29, 1.82) is 0 Å². The molecule has 0 spiro atoms. The normalized spacial score (nSPS) is 16.6. The van der Waals surface area contributed by atoms with Crippen LogP contribution in [0, 0.1) is 6.57 Å². The number of piperazine rings is 1. The number of likely N-dealkylation sites (N-methyl/N-ethyl adjacent to an activating group) is 1. The van der Waals surface area contributed by atoms with Crippen LogP contribution in [0.5, 0.6) is 0 Å². The fourth-order valence-corrected chi connectivity index (χ4v) is 1.90. The van der Waals surface area contributed by atoms with Gasteiger partial charge in [-0.3, -0.25) is 4.79 Å². The van der Waals surface area contributed by atoms with E-state index in [9.17, 15) is 4.79 Å². The summed E-state index contributed by atoms with van der Waals surface area (Å²) in [5.74, 6) is 0.0311. The first-order valence-electron chi connectivity index (χ1n) is 5.66. The van der Waals surface area contributed by atoms with E-state index in [4.69, 9.17) is 6.57 Å². The second kappa shape index (κ2) is 4.98. The van der Waals surface area contributed by atoms with Crippen LogP contribution in [-0.4, -0.2) is 48.9 Å². The van der Waals surface area contributed by atoms with E-state index in [2.05, 4.69) is 16.8 Å². The summed E-state index contributed by atoms with van der Waals surface area (Å²) in [4.78, 5) is 19.6. The lowest BCUT2D eigenvalue weighted by Crippen LogP contribution is -2.47. The summed E-state index contributed by atoms with van der Waals surface area (Å²) in [7, 11) is 2.06. The summed E-state index contributed by atoms with van der Waals surface area (Å²) in [5, 5.41) is 0. The summed E-state index contributed by atoms with van der Waals surface area (Å²) in [6.07, 6.45) is 0. The van der Waals surface area contributed by atoms with E-state index in [0.717, 1.165) is 26.2 Å². The number of carbonyl (C=O) groups excluding carboxylic acids is 1. The summed E-state index contributed by atoms with van der Waals surface area (Å²) in [5.41, 5.74) is 1.13. The minimum atomic E-state index is 0.0311. The zero-order valence-corrected chi connectivity index (χ0v) is 9.89. The van der Waals surface area contributed by atoms with Gasteiger partial charge in [-0.25, -0.2) is 4.85 Å². The van der Waals surface area contributed by atoms with Gasteiger partial charge in [0.15, 0.2) is 5.69 Å². The maximum atomic E-state index is 12.2. The van der Waals surface area contributed by atoms with Crippen LogP contribution in [0.1, 0.15) is 10.4 Å². The van der Waals surface area contributed by atoms with Gasteiger partial charge in [-0.2, -0.15) is 0 Å². The molecule has 0 unspecified atom stereocenters. The maximum absolute atomic E-state index is 12.2. The van der Waals surface area contributed by atoms with Crippen LogP contribution in [0.15, 0.2) is 24.3 Å². The zero-order valence-electron chi connectivity index (χ0n) is 9.89. The maximum Gasteiger partial charge on any atom is 0.252 e. The van der Waals surface area contributed by atoms with E-state index >= 15 is 0 Å². The summed E-state index contributed by atoms with van der Waals surface area (Å²) < 4.78 is 0. The van der Waals surface area contributed by atoms with Crippen molar-refractivity contribution >= 4 is 11.6 Å². The van der Waals surface area contributed by atoms with Gasteiger partial charge in [0.1, 0.15) is 0 Å². The van der Waals surface area contributed by atoms with Crippen molar-refractivity contribution in [2.24, 2.45) is 0 Å². The first-order chi connectivity index (χ1) is 8.20. The van der Waals surface area contributed by atoms with E-state index in [-0.39, 0.29) is 5.91 Å². The molecule has 1 amide bonds. The molecule has 0 atom stereocenters. The Balaban J connectivity index is 2.11. The number of amides is 1. The molecule has 4 nitrogen and oxygen atoms in total. The Labute approximate surface area is 101 Å². The first kappa shape index (κ1) is 11.6. The average molecular weight is 229 g/mol. The highest BCUT2D eigenvalue weighted by Gasteiger charge is 2.20. The molecule has 0 N–H and O–H groups in total. The highest BCUT2D eigenvalue weighted by atomic mass is 16.2. The number of carbonyl (C=O) groups is 1. The molecule has 0 bridgehead atoms. The van der Waals surface area contributed by atoms with Gasteiger partial charge in [-0.1, -0.05) is 18.2 Å². The molecule has 0 aliphatic carbocycles. The van der Waals surface area contributed by atoms with E-state index in [0.29, 0.717) is 11.3 Å². The van der Waals surface area contributed by atoms with Crippen molar-refractivity contribution in [3.63, 3.8) is 0 Å². The molecule has 1 saturated heterocycles. The van der Waals surface area contributed by atoms with Crippen molar-refractivity contribution in [2.45, 2.75) is 0 Å². The molecule has 0 saturated carbocycles. The zero-order chi connectivity index (χ0) is 12.3. The van der Waals surface area contributed by atoms with Gasteiger partial charge in [0.2, 0.25) is 0 Å². The second-order valence-corrected chi connectivity index (χ2v) is 4.26. The van der Waals surface area contributed by atoms with Crippen LogP contribution < -0.4 is 0 Å². The average Bonchev–Trinajstić information content (AvgIpc) is 2.39. The largest absolute Gasteiger partial charge is 0.336 e. The van der Waals surface area contributed by atoms with Crippen molar-refractivity contribution < 1.29 is 4.79 Å². The fraction of sp³-hybridized carbons (Fsp3) is 0.385. The predicted octanol–water partition coefficient (Wildman–Crippen LogP) is 1.62. The first-order valence-corrected chi connectivity index (χ1v) is 5.66. The molecule has 0 radical (unpaired) electrons. The molecule has 2 rings (SSSR count). The Morgan fingerprint density at radius 3 is 2.65 bits per heavy atom. The van der Waals surface area contributed by atoms with E-state index in [1.807, 2.05) is 4.90 Å².